The number of phenols is 5. The molecule has 0 bridgehead atoms. The predicted octanol–water partition coefficient (Wildman–Crippen LogP) is 6.00. The number of carbonyl (C=O) groups excluding carboxylic acids is 10. The van der Waals surface area contributed by atoms with Gasteiger partial charge in [0.1, 0.15) is 57.2 Å². The number of benzene rings is 5. The summed E-state index contributed by atoms with van der Waals surface area (Å²) in [6, 6.07) is 9.64. The highest BCUT2D eigenvalue weighted by Gasteiger charge is 2.30. The van der Waals surface area contributed by atoms with Crippen molar-refractivity contribution in [1.29, 1.82) is 0 Å². The van der Waals surface area contributed by atoms with Crippen LogP contribution in [-0.4, -0.2) is 307 Å². The van der Waals surface area contributed by atoms with Gasteiger partial charge < -0.3 is 106 Å². The number of hydrogen-bond donors (Lipinski definition) is 7. The summed E-state index contributed by atoms with van der Waals surface area (Å²) in [6.45, 7) is 26.6. The van der Waals surface area contributed by atoms with Crippen molar-refractivity contribution in [3.63, 3.8) is 0 Å². The Morgan fingerprint density at radius 2 is 0.650 bits per heavy atom. The number of fused-ring (bicyclic) bond motifs is 5. The minimum absolute atomic E-state index is 0.00358. The van der Waals surface area contributed by atoms with Gasteiger partial charge in [-0.15, -0.1) is 0 Å². The van der Waals surface area contributed by atoms with Crippen LogP contribution in [0.25, 0.3) is 54.8 Å². The molecule has 5 aliphatic rings. The van der Waals surface area contributed by atoms with Crippen LogP contribution in [0, 0.1) is 41.5 Å². The Labute approximate surface area is 785 Å². The van der Waals surface area contributed by atoms with E-state index in [-0.39, 0.29) is 249 Å². The predicted molar refractivity (Wildman–Crippen MR) is 502 cm³/mol. The van der Waals surface area contributed by atoms with Gasteiger partial charge in [0.15, 0.2) is 109 Å². The van der Waals surface area contributed by atoms with Crippen molar-refractivity contribution in [3.8, 4) is 40.2 Å². The number of nitrogens with one attached hydrogen (secondary N) is 2. The minimum Gasteiger partial charge on any atom is -0.507 e. The maximum absolute atomic E-state index is 13.0. The van der Waals surface area contributed by atoms with Gasteiger partial charge in [0.2, 0.25) is 29.5 Å². The zero-order valence-corrected chi connectivity index (χ0v) is 78.3. The fourth-order valence-corrected chi connectivity index (χ4v) is 16.6. The van der Waals surface area contributed by atoms with E-state index in [9.17, 15) is 97.5 Å². The Bertz CT molecular complexity index is 6520. The summed E-state index contributed by atoms with van der Waals surface area (Å²) in [6.07, 6.45) is 3.89. The fourth-order valence-electron chi connectivity index (χ4n) is 16.6. The molecule has 0 unspecified atom stereocenters. The number of amides is 5. The van der Waals surface area contributed by atoms with Crippen LogP contribution in [0.3, 0.4) is 0 Å². The molecule has 5 saturated heterocycles. The summed E-state index contributed by atoms with van der Waals surface area (Å²) < 4.78 is 54.2. The fraction of sp³-hybridized carbons (Fsp3) is 0.439. The van der Waals surface area contributed by atoms with E-state index in [0.29, 0.717) is 174 Å². The van der Waals surface area contributed by atoms with Crippen LogP contribution >= 0.6 is 0 Å². The Morgan fingerprint density at radius 3 is 0.993 bits per heavy atom. The summed E-state index contributed by atoms with van der Waals surface area (Å²) >= 11 is 0. The smallest absolute Gasteiger partial charge is 0.227 e. The summed E-state index contributed by atoms with van der Waals surface area (Å²) in [5.41, 5.74) is 0.458. The van der Waals surface area contributed by atoms with Crippen molar-refractivity contribution >= 4 is 116 Å². The van der Waals surface area contributed by atoms with Gasteiger partial charge in [0.05, 0.1) is 104 Å². The van der Waals surface area contributed by atoms with E-state index in [4.69, 9.17) is 45.8 Å². The molecule has 5 aliphatic heterocycles. The molecular formula is C98H115N9O30. The Balaban J connectivity index is 0.000000164. The SMILES string of the molecule is COc1cc2c(=O)c(CCC(=O)N3CCN(C)CC3)c(C)oc2c(C=O)c1O.COc1cc2c(=O)c(CCC(=O)NCCN3CCOCC3)c(C)oc2c(C=O)c1O.Cc1cc2c(=O)c(CC(=O)N3CCOCC3)c(C)oc2c(C=O)c1O.Cc1oc2c(C=O)c(O)ccc2c(=O)c1CCC(=O)N1CCN(C)CC1.Cc1oc2c(C=O)c(O)ccc2c(=O)c1CCC(=O)NCCN1CCOCC1. The topological polar surface area (TPSA) is 516 Å². The van der Waals surface area contributed by atoms with Gasteiger partial charge in [0, 0.05) is 171 Å². The molecule has 39 nitrogen and oxygen atoms in total. The molecule has 137 heavy (non-hydrogen) atoms. The number of carbonyl (C=O) groups is 10. The molecule has 5 fully saturated rings. The van der Waals surface area contributed by atoms with Gasteiger partial charge in [-0.25, -0.2) is 0 Å². The highest BCUT2D eigenvalue weighted by molar-refractivity contribution is 6.02. The molecule has 0 spiro atoms. The van der Waals surface area contributed by atoms with Crippen LogP contribution in [0.1, 0.15) is 140 Å². The van der Waals surface area contributed by atoms with Crippen LogP contribution in [0.2, 0.25) is 0 Å². The Hall–Kier alpha value is -13.8. The monoisotopic (exact) mass is 1900 g/mol. The normalized spacial score (nSPS) is 14.9. The lowest BCUT2D eigenvalue weighted by Gasteiger charge is -2.32. The molecule has 7 N–H and O–H groups in total. The van der Waals surface area contributed by atoms with Crippen LogP contribution in [0.4, 0.5) is 0 Å². The number of hydrogen-bond acceptors (Lipinski definition) is 34. The van der Waals surface area contributed by atoms with Crippen LogP contribution < -0.4 is 47.3 Å². The summed E-state index contributed by atoms with van der Waals surface area (Å²) in [4.78, 5) is 197. The first-order chi connectivity index (χ1) is 65.7. The molecule has 0 radical (unpaired) electrons. The van der Waals surface area contributed by atoms with Crippen molar-refractivity contribution in [2.24, 2.45) is 0 Å². The Kier molecular flexibility index (Phi) is 36.4. The van der Waals surface area contributed by atoms with Gasteiger partial charge in [0.25, 0.3) is 0 Å². The van der Waals surface area contributed by atoms with Crippen molar-refractivity contribution in [2.45, 2.75) is 99.3 Å². The van der Waals surface area contributed by atoms with E-state index in [2.05, 4.69) is 30.2 Å². The van der Waals surface area contributed by atoms with E-state index in [1.54, 1.807) is 46.4 Å². The molecule has 0 saturated carbocycles. The first-order valence-corrected chi connectivity index (χ1v) is 45.0. The molecule has 39 heteroatoms. The van der Waals surface area contributed by atoms with E-state index in [1.165, 1.54) is 56.7 Å². The molecule has 10 aromatic rings. The largest absolute Gasteiger partial charge is 0.507 e. The summed E-state index contributed by atoms with van der Waals surface area (Å²) in [7, 11) is 6.70. The quantitative estimate of drug-likeness (QED) is 0.0290. The number of aldehydes is 5. The number of nitrogens with zero attached hydrogens (tertiary/aromatic N) is 7. The van der Waals surface area contributed by atoms with Gasteiger partial charge in [-0.1, -0.05) is 0 Å². The molecule has 0 aliphatic carbocycles. The van der Waals surface area contributed by atoms with Crippen LogP contribution in [0.15, 0.2) is 88.5 Å². The number of ether oxygens (including phenoxy) is 5. The highest BCUT2D eigenvalue weighted by atomic mass is 16.5. The molecular weight excluding hydrogens is 1780 g/mol. The van der Waals surface area contributed by atoms with E-state index >= 15 is 0 Å². The van der Waals surface area contributed by atoms with Crippen molar-refractivity contribution in [2.75, 3.05) is 186 Å². The standard InChI is InChI=1S/C21H26N2O7.2C20H24N2O6.C19H22N2O5.C18H19NO6/c1-13-14(3-4-18(25)22-5-6-23-7-9-29-10-8-23)19(26)15-11-17(28-2)20(27)16(12-24)21(15)30-13;1-12-13(4-5-17(24)22-8-6-21(2)7-9-22)18(25)14-10-16(27-3)19(26)15(11-23)20(14)28-12;1-13-14(3-5-18(25)21-6-7-22-8-10-27-11-9-22)19(26)15-2-4-17(24)16(12-23)20(15)28-13;1-12-13(4-6-17(24)21-9-7-20(2)8-10-21)18(25)14-3-5-16(23)15(11-22)19(14)26-12;1-10-7-13-17(23)12(8-15(21)19-3-5-24-6-4-19)11(2)25-18(13)14(9-20)16(10)22/h11-12,27H,3-10H2,1-2H3,(H,22,25);10-11,26H,4-9H2,1-3H3;2,4,12,24H,3,5-11H2,1H3,(H,21,25);3,5,11,23H,4,6-10H2,1-2H3;7,9,22H,3-6,8H2,1-2H3. The third kappa shape index (κ3) is 24.9. The number of methoxy groups -OCH3 is 2. The van der Waals surface area contributed by atoms with Crippen molar-refractivity contribution in [3.05, 3.63) is 184 Å². The van der Waals surface area contributed by atoms with Crippen LogP contribution in [-0.2, 0) is 70.3 Å². The molecule has 5 aromatic heterocycles. The zero-order valence-electron chi connectivity index (χ0n) is 78.3. The lowest BCUT2D eigenvalue weighted by atomic mass is 10.0. The molecule has 5 amide bonds. The average Bonchev–Trinajstić information content (AvgIpc) is 0.767. The summed E-state index contributed by atoms with van der Waals surface area (Å²) in [5, 5.41) is 56.4. The second-order valence-electron chi connectivity index (χ2n) is 33.6. The van der Waals surface area contributed by atoms with Gasteiger partial charge >= 0.3 is 0 Å². The van der Waals surface area contributed by atoms with E-state index < -0.39 is 0 Å². The number of aromatic hydroxyl groups is 5. The number of rotatable bonds is 27. The zero-order chi connectivity index (χ0) is 99.2. The van der Waals surface area contributed by atoms with Crippen molar-refractivity contribution in [1.82, 2.24) is 44.9 Å². The second kappa shape index (κ2) is 48.1. The van der Waals surface area contributed by atoms with E-state index in [1.807, 2.05) is 23.9 Å². The molecule has 732 valence electrons. The number of piperazine rings is 2. The Morgan fingerprint density at radius 1 is 0.358 bits per heavy atom. The average molecular weight is 1900 g/mol. The van der Waals surface area contributed by atoms with Gasteiger partial charge in [-0.2, -0.15) is 0 Å². The van der Waals surface area contributed by atoms with Crippen LogP contribution in [0.5, 0.6) is 40.2 Å². The maximum atomic E-state index is 13.0. The number of likely N-dealkylation sites (N-methyl/N-ethyl adjacent to an activating group) is 2. The summed E-state index contributed by atoms with van der Waals surface area (Å²) in [5.74, 6) is -0.210. The first-order valence-electron chi connectivity index (χ1n) is 45.0. The minimum atomic E-state index is -0.380. The number of aryl methyl sites for hydroxylation is 6. The molecule has 5 aromatic carbocycles. The third-order valence-corrected chi connectivity index (χ3v) is 24.8. The molecule has 15 rings (SSSR count). The lowest BCUT2D eigenvalue weighted by Crippen LogP contribution is -2.47. The number of morpholine rings is 3. The van der Waals surface area contributed by atoms with Gasteiger partial charge in [-0.05, 0) is 129 Å². The number of phenolic OH excluding ortho intramolecular Hbond substituents is 5. The molecule has 0 atom stereocenters. The lowest BCUT2D eigenvalue weighted by molar-refractivity contribution is -0.134. The first kappa shape index (κ1) is 104. The van der Waals surface area contributed by atoms with Gasteiger partial charge in [-0.3, -0.25) is 81.7 Å². The maximum Gasteiger partial charge on any atom is 0.227 e. The molecule has 10 heterocycles. The van der Waals surface area contributed by atoms with E-state index in [0.717, 1.165) is 65.4 Å². The third-order valence-electron chi connectivity index (χ3n) is 24.8. The highest BCUT2D eigenvalue weighted by Crippen LogP contribution is 2.38. The second-order valence-corrected chi connectivity index (χ2v) is 33.6. The van der Waals surface area contributed by atoms with Crippen molar-refractivity contribution < 1.29 is 119 Å².